The lowest BCUT2D eigenvalue weighted by molar-refractivity contribution is -0.118. The van der Waals surface area contributed by atoms with Crippen molar-refractivity contribution in [2.24, 2.45) is 10.9 Å². The molecule has 1 amide bonds. The Kier molecular flexibility index (Phi) is 3.04. The van der Waals surface area contributed by atoms with Gasteiger partial charge in [-0.15, -0.1) is 0 Å². The van der Waals surface area contributed by atoms with Gasteiger partial charge in [-0.1, -0.05) is 38.5 Å². The van der Waals surface area contributed by atoms with Crippen molar-refractivity contribution in [3.8, 4) is 0 Å². The van der Waals surface area contributed by atoms with Gasteiger partial charge < -0.3 is 5.32 Å². The molecule has 0 saturated carbocycles. The molecule has 84 valence electrons. The Morgan fingerprint density at radius 3 is 2.94 bits per heavy atom. The van der Waals surface area contributed by atoms with Gasteiger partial charge in [-0.25, -0.2) is 0 Å². The number of fused-ring (bicyclic) bond motifs is 1. The fourth-order valence-electron chi connectivity index (χ4n) is 1.79. The van der Waals surface area contributed by atoms with Crippen LogP contribution in [0.1, 0.15) is 25.8 Å². The molecule has 2 atom stereocenters. The van der Waals surface area contributed by atoms with Gasteiger partial charge in [0, 0.05) is 17.5 Å². The molecule has 0 radical (unpaired) electrons. The number of carbonyl (C=O) groups excluding carboxylic acids is 1. The first-order chi connectivity index (χ1) is 7.72. The summed E-state index contributed by atoms with van der Waals surface area (Å²) in [5, 5.41) is 2.92. The van der Waals surface area contributed by atoms with Gasteiger partial charge in [-0.05, 0) is 12.0 Å². The minimum Gasteiger partial charge on any atom is -0.324 e. The zero-order valence-electron chi connectivity index (χ0n) is 9.60. The molecular formula is C13H16N2O. The summed E-state index contributed by atoms with van der Waals surface area (Å²) in [5.41, 5.74) is 1.82. The molecule has 0 fully saturated rings. The summed E-state index contributed by atoms with van der Waals surface area (Å²) in [6.07, 6.45) is 2.75. The molecule has 1 aromatic rings. The van der Waals surface area contributed by atoms with Gasteiger partial charge in [0.25, 0.3) is 0 Å². The summed E-state index contributed by atoms with van der Waals surface area (Å²) in [7, 11) is 0. The third-order valence-electron chi connectivity index (χ3n) is 3.04. The highest BCUT2D eigenvalue weighted by molar-refractivity contribution is 6.03. The van der Waals surface area contributed by atoms with Crippen molar-refractivity contribution in [3.05, 3.63) is 29.8 Å². The Labute approximate surface area is 95.6 Å². The number of carbonyl (C=O) groups is 1. The van der Waals surface area contributed by atoms with Gasteiger partial charge in [0.15, 0.2) is 0 Å². The molecule has 3 nitrogen and oxygen atoms in total. The van der Waals surface area contributed by atoms with Crippen LogP contribution < -0.4 is 5.32 Å². The lowest BCUT2D eigenvalue weighted by Crippen LogP contribution is -2.30. The van der Waals surface area contributed by atoms with Gasteiger partial charge in [-0.3, -0.25) is 9.79 Å². The molecular weight excluding hydrogens is 200 g/mol. The number of hydrogen-bond donors (Lipinski definition) is 1. The van der Waals surface area contributed by atoms with E-state index in [1.165, 1.54) is 0 Å². The van der Waals surface area contributed by atoms with Crippen molar-refractivity contribution in [1.29, 1.82) is 0 Å². The van der Waals surface area contributed by atoms with Crippen LogP contribution in [0.3, 0.4) is 0 Å². The summed E-state index contributed by atoms with van der Waals surface area (Å²) in [6, 6.07) is 7.45. The van der Waals surface area contributed by atoms with Gasteiger partial charge in [0.1, 0.15) is 6.04 Å². The second-order valence-electron chi connectivity index (χ2n) is 4.19. The Morgan fingerprint density at radius 1 is 1.44 bits per heavy atom. The molecule has 1 aromatic carbocycles. The van der Waals surface area contributed by atoms with Crippen molar-refractivity contribution < 1.29 is 4.79 Å². The topological polar surface area (TPSA) is 41.5 Å². The van der Waals surface area contributed by atoms with E-state index in [4.69, 9.17) is 0 Å². The molecule has 16 heavy (non-hydrogen) atoms. The van der Waals surface area contributed by atoms with Crippen molar-refractivity contribution in [2.75, 3.05) is 5.32 Å². The highest BCUT2D eigenvalue weighted by Gasteiger charge is 2.25. The molecule has 1 aliphatic rings. The number of para-hydroxylation sites is 1. The number of benzodiazepines with no additional fused rings is 1. The molecule has 2 rings (SSSR count). The van der Waals surface area contributed by atoms with Crippen molar-refractivity contribution in [2.45, 2.75) is 26.3 Å². The minimum absolute atomic E-state index is 0.00412. The van der Waals surface area contributed by atoms with Gasteiger partial charge >= 0.3 is 0 Å². The van der Waals surface area contributed by atoms with Gasteiger partial charge in [0.05, 0.1) is 0 Å². The van der Waals surface area contributed by atoms with E-state index in [9.17, 15) is 4.79 Å². The highest BCUT2D eigenvalue weighted by atomic mass is 16.2. The van der Waals surface area contributed by atoms with Gasteiger partial charge in [0.2, 0.25) is 5.91 Å². The maximum atomic E-state index is 12.0. The van der Waals surface area contributed by atoms with Crippen LogP contribution in [0.2, 0.25) is 0 Å². The first-order valence-corrected chi connectivity index (χ1v) is 5.65. The van der Waals surface area contributed by atoms with E-state index in [2.05, 4.69) is 24.2 Å². The van der Waals surface area contributed by atoms with E-state index in [0.29, 0.717) is 0 Å². The van der Waals surface area contributed by atoms with Crippen LogP contribution in [0, 0.1) is 5.92 Å². The molecule has 1 N–H and O–H groups in total. The van der Waals surface area contributed by atoms with Crippen molar-refractivity contribution in [3.63, 3.8) is 0 Å². The second-order valence-corrected chi connectivity index (χ2v) is 4.19. The summed E-state index contributed by atoms with van der Waals surface area (Å²) in [4.78, 5) is 16.3. The fourth-order valence-corrected chi connectivity index (χ4v) is 1.79. The maximum Gasteiger partial charge on any atom is 0.249 e. The van der Waals surface area contributed by atoms with E-state index in [0.717, 1.165) is 17.7 Å². The molecule has 1 heterocycles. The number of nitrogens with one attached hydrogen (secondary N) is 1. The molecule has 0 bridgehead atoms. The predicted octanol–water partition coefficient (Wildman–Crippen LogP) is 2.47. The molecule has 0 aliphatic carbocycles. The zero-order valence-corrected chi connectivity index (χ0v) is 9.60. The third-order valence-corrected chi connectivity index (χ3v) is 3.04. The minimum atomic E-state index is -0.266. The molecule has 0 saturated heterocycles. The Balaban J connectivity index is 2.31. The SMILES string of the molecule is CCC(C)[C@@H]1N=Cc2ccccc2NC1=O. The maximum absolute atomic E-state index is 12.0. The van der Waals surface area contributed by atoms with E-state index in [-0.39, 0.29) is 17.9 Å². The van der Waals surface area contributed by atoms with E-state index < -0.39 is 0 Å². The van der Waals surface area contributed by atoms with Crippen LogP contribution in [-0.4, -0.2) is 18.2 Å². The first-order valence-electron chi connectivity index (χ1n) is 5.65. The smallest absolute Gasteiger partial charge is 0.249 e. The summed E-state index contributed by atoms with van der Waals surface area (Å²) in [5.74, 6) is 0.265. The summed E-state index contributed by atoms with van der Waals surface area (Å²) >= 11 is 0. The van der Waals surface area contributed by atoms with Crippen LogP contribution in [0.15, 0.2) is 29.3 Å². The molecule has 1 unspecified atom stereocenters. The second kappa shape index (κ2) is 4.47. The number of benzene rings is 1. The van der Waals surface area contributed by atoms with Gasteiger partial charge in [-0.2, -0.15) is 0 Å². The molecule has 1 aliphatic heterocycles. The average Bonchev–Trinajstić information content (AvgIpc) is 2.46. The lowest BCUT2D eigenvalue weighted by Gasteiger charge is -2.16. The van der Waals surface area contributed by atoms with Crippen LogP contribution >= 0.6 is 0 Å². The fraction of sp³-hybridized carbons (Fsp3) is 0.385. The van der Waals surface area contributed by atoms with Crippen molar-refractivity contribution >= 4 is 17.8 Å². The highest BCUT2D eigenvalue weighted by Crippen LogP contribution is 2.20. The van der Waals surface area contributed by atoms with Crippen LogP contribution in [0.5, 0.6) is 0 Å². The number of amides is 1. The summed E-state index contributed by atoms with van der Waals surface area (Å²) < 4.78 is 0. The quantitative estimate of drug-likeness (QED) is 0.810. The van der Waals surface area contributed by atoms with E-state index in [1.807, 2.05) is 24.3 Å². The molecule has 0 aromatic heterocycles. The predicted molar refractivity (Wildman–Crippen MR) is 65.9 cm³/mol. The lowest BCUT2D eigenvalue weighted by atomic mass is 9.99. The van der Waals surface area contributed by atoms with Crippen LogP contribution in [0.4, 0.5) is 5.69 Å². The Morgan fingerprint density at radius 2 is 2.19 bits per heavy atom. The zero-order chi connectivity index (χ0) is 11.5. The Hall–Kier alpha value is -1.64. The number of hydrogen-bond acceptors (Lipinski definition) is 2. The third kappa shape index (κ3) is 1.98. The van der Waals surface area contributed by atoms with E-state index >= 15 is 0 Å². The average molecular weight is 216 g/mol. The number of anilines is 1. The number of nitrogens with zero attached hydrogens (tertiary/aromatic N) is 1. The summed E-state index contributed by atoms with van der Waals surface area (Å²) in [6.45, 7) is 4.13. The number of rotatable bonds is 2. The Bertz CT molecular complexity index is 426. The normalized spacial score (nSPS) is 20.9. The molecule has 3 heteroatoms. The van der Waals surface area contributed by atoms with Crippen LogP contribution in [-0.2, 0) is 4.79 Å². The number of aliphatic imine (C=N–C) groups is 1. The van der Waals surface area contributed by atoms with Crippen LogP contribution in [0.25, 0.3) is 0 Å². The van der Waals surface area contributed by atoms with Crippen molar-refractivity contribution in [1.82, 2.24) is 0 Å². The van der Waals surface area contributed by atoms with E-state index in [1.54, 1.807) is 6.21 Å². The molecule has 0 spiro atoms. The first kappa shape index (κ1) is 10.9. The monoisotopic (exact) mass is 216 g/mol. The standard InChI is InChI=1S/C13H16N2O/c1-3-9(2)12-13(16)15-11-7-5-4-6-10(11)8-14-12/h4-9,12H,3H2,1-2H3,(H,15,16)/t9?,12-/m0/s1. The largest absolute Gasteiger partial charge is 0.324 e.